The van der Waals surface area contributed by atoms with E-state index in [0.717, 1.165) is 105 Å². The Morgan fingerprint density at radius 2 is 0.529 bits per heavy atom. The van der Waals surface area contributed by atoms with Crippen molar-refractivity contribution in [1.82, 2.24) is 33.6 Å². The van der Waals surface area contributed by atoms with Crippen LogP contribution in [0.2, 0.25) is 0 Å². The first-order valence-electron chi connectivity index (χ1n) is 29.4. The largest absolute Gasteiger partial charge is 0.309 e. The standard InChI is InChI=1S/C80H51N7/c1-3-16-52(17-4-1)54-30-34-56(35-31-54)58-20-15-21-60(46-58)71-42-44-81-79(83-71)87-76-29-14-10-25-68(76)70-51-64(39-41-78(70)87)85-73-26-11-9-24-67(73)69-50-59(38-40-77(69)85)62-47-61(57-36-32-55(33-37-57)53-18-5-2-6-19-53)48-63(49-62)72-43-45-82-80(84-72)86-74-27-12-7-22-65(74)66-23-8-13-28-75(66)86/h1-51H. The fourth-order valence-corrected chi connectivity index (χ4v) is 13.1. The van der Waals surface area contributed by atoms with Crippen LogP contribution in [0.4, 0.5) is 0 Å². The average Bonchev–Trinajstić information content (AvgIpc) is 1.73. The maximum absolute atomic E-state index is 5.37. The molecular weight excluding hydrogens is 1060 g/mol. The Bertz CT molecular complexity index is 5450. The summed E-state index contributed by atoms with van der Waals surface area (Å²) in [6.07, 6.45) is 3.76. The average molecular weight is 1110 g/mol. The van der Waals surface area contributed by atoms with Gasteiger partial charge in [0.1, 0.15) is 0 Å². The molecule has 7 nitrogen and oxygen atoms in total. The molecule has 0 unspecified atom stereocenters. The lowest BCUT2D eigenvalue weighted by atomic mass is 9.93. The molecule has 0 spiro atoms. The van der Waals surface area contributed by atoms with Crippen LogP contribution in [0.25, 0.3) is 161 Å². The van der Waals surface area contributed by atoms with Gasteiger partial charge < -0.3 is 4.57 Å². The molecular formula is C80H51N7. The molecule has 17 aromatic rings. The normalized spacial score (nSPS) is 11.7. The van der Waals surface area contributed by atoms with Crippen molar-refractivity contribution in [2.45, 2.75) is 0 Å². The van der Waals surface area contributed by atoms with E-state index >= 15 is 0 Å². The second-order valence-electron chi connectivity index (χ2n) is 22.3. The van der Waals surface area contributed by atoms with Crippen LogP contribution in [-0.4, -0.2) is 33.6 Å². The van der Waals surface area contributed by atoms with E-state index in [1.807, 2.05) is 24.5 Å². The molecule has 0 atom stereocenters. The van der Waals surface area contributed by atoms with E-state index in [4.69, 9.17) is 19.9 Å². The number of aromatic nitrogens is 7. The number of hydrogen-bond donors (Lipinski definition) is 0. The third kappa shape index (κ3) is 8.59. The summed E-state index contributed by atoms with van der Waals surface area (Å²) < 4.78 is 6.80. The van der Waals surface area contributed by atoms with Gasteiger partial charge in [0.2, 0.25) is 11.9 Å². The first-order chi connectivity index (χ1) is 43.1. The predicted molar refractivity (Wildman–Crippen MR) is 359 cm³/mol. The minimum absolute atomic E-state index is 0.619. The fraction of sp³-hybridized carbons (Fsp3) is 0. The van der Waals surface area contributed by atoms with E-state index in [0.29, 0.717) is 11.9 Å². The molecule has 87 heavy (non-hydrogen) atoms. The van der Waals surface area contributed by atoms with E-state index in [1.165, 1.54) is 43.8 Å². The van der Waals surface area contributed by atoms with Gasteiger partial charge in [-0.15, -0.1) is 0 Å². The number of para-hydroxylation sites is 4. The zero-order valence-corrected chi connectivity index (χ0v) is 47.1. The minimum Gasteiger partial charge on any atom is -0.309 e. The van der Waals surface area contributed by atoms with E-state index in [2.05, 4.69) is 299 Å². The Morgan fingerprint density at radius 3 is 1.08 bits per heavy atom. The number of hydrogen-bond acceptors (Lipinski definition) is 4. The lowest BCUT2D eigenvalue weighted by molar-refractivity contribution is 0.991. The second kappa shape index (κ2) is 20.5. The van der Waals surface area contributed by atoms with Gasteiger partial charge in [0.15, 0.2) is 0 Å². The molecule has 0 bridgehead atoms. The summed E-state index contributed by atoms with van der Waals surface area (Å²) in [6, 6.07) is 106. The molecule has 12 aromatic carbocycles. The summed E-state index contributed by atoms with van der Waals surface area (Å²) in [7, 11) is 0. The second-order valence-corrected chi connectivity index (χ2v) is 22.3. The van der Waals surface area contributed by atoms with Crippen LogP contribution in [0.1, 0.15) is 0 Å². The van der Waals surface area contributed by atoms with Crippen LogP contribution >= 0.6 is 0 Å². The summed E-state index contributed by atoms with van der Waals surface area (Å²) in [5.41, 5.74) is 22.7. The molecule has 5 aromatic heterocycles. The Morgan fingerprint density at radius 1 is 0.195 bits per heavy atom. The van der Waals surface area contributed by atoms with Gasteiger partial charge in [0, 0.05) is 61.5 Å². The summed E-state index contributed by atoms with van der Waals surface area (Å²) >= 11 is 0. The Hall–Kier alpha value is -11.8. The summed E-state index contributed by atoms with van der Waals surface area (Å²) in [5.74, 6) is 1.25. The van der Waals surface area contributed by atoms with Crippen LogP contribution in [-0.2, 0) is 0 Å². The Kier molecular flexibility index (Phi) is 11.7. The van der Waals surface area contributed by atoms with E-state index in [1.54, 1.807) is 0 Å². The fourth-order valence-electron chi connectivity index (χ4n) is 13.1. The molecule has 0 amide bonds. The van der Waals surface area contributed by atoms with Crippen LogP contribution in [0.15, 0.2) is 310 Å². The molecule has 0 aliphatic carbocycles. The smallest absolute Gasteiger partial charge is 0.235 e. The van der Waals surface area contributed by atoms with Gasteiger partial charge >= 0.3 is 0 Å². The van der Waals surface area contributed by atoms with Crippen molar-refractivity contribution in [2.75, 3.05) is 0 Å². The van der Waals surface area contributed by atoms with Crippen molar-refractivity contribution in [3.8, 4) is 95.7 Å². The van der Waals surface area contributed by atoms with Crippen molar-refractivity contribution in [2.24, 2.45) is 0 Å². The Labute approximate surface area is 501 Å². The van der Waals surface area contributed by atoms with Crippen molar-refractivity contribution < 1.29 is 0 Å². The zero-order valence-electron chi connectivity index (χ0n) is 47.1. The first-order valence-corrected chi connectivity index (χ1v) is 29.4. The molecule has 0 fully saturated rings. The van der Waals surface area contributed by atoms with Crippen molar-refractivity contribution in [1.29, 1.82) is 0 Å². The molecule has 0 N–H and O–H groups in total. The van der Waals surface area contributed by atoms with Gasteiger partial charge in [-0.05, 0) is 147 Å². The Balaban J connectivity index is 0.761. The van der Waals surface area contributed by atoms with Crippen LogP contribution in [0.3, 0.4) is 0 Å². The lowest BCUT2D eigenvalue weighted by Crippen LogP contribution is -2.02. The van der Waals surface area contributed by atoms with E-state index in [-0.39, 0.29) is 0 Å². The van der Waals surface area contributed by atoms with Gasteiger partial charge in [0.25, 0.3) is 0 Å². The highest BCUT2D eigenvalue weighted by Gasteiger charge is 2.21. The first kappa shape index (κ1) is 49.8. The van der Waals surface area contributed by atoms with Crippen LogP contribution < -0.4 is 0 Å². The van der Waals surface area contributed by atoms with Gasteiger partial charge in [-0.1, -0.05) is 206 Å². The lowest BCUT2D eigenvalue weighted by Gasteiger charge is -2.13. The van der Waals surface area contributed by atoms with E-state index in [9.17, 15) is 0 Å². The molecule has 0 saturated heterocycles. The molecule has 0 radical (unpaired) electrons. The van der Waals surface area contributed by atoms with Crippen LogP contribution in [0, 0.1) is 0 Å². The maximum Gasteiger partial charge on any atom is 0.235 e. The molecule has 17 rings (SSSR count). The number of nitrogens with zero attached hydrogens (tertiary/aromatic N) is 7. The topological polar surface area (TPSA) is 66.3 Å². The molecule has 7 heteroatoms. The van der Waals surface area contributed by atoms with Gasteiger partial charge in [-0.3, -0.25) is 9.13 Å². The van der Waals surface area contributed by atoms with Gasteiger partial charge in [-0.2, -0.15) is 0 Å². The molecule has 5 heterocycles. The van der Waals surface area contributed by atoms with E-state index < -0.39 is 0 Å². The molecule has 406 valence electrons. The molecule has 0 saturated carbocycles. The maximum atomic E-state index is 5.37. The summed E-state index contributed by atoms with van der Waals surface area (Å²) in [5, 5.41) is 6.93. The SMILES string of the molecule is c1ccc(-c2ccc(-c3cccc(-c4ccnc(-n5c6ccccc6c6cc(-n7c8ccccc8c8cc(-c9cc(-c%10ccc(-c%11ccccc%11)cc%10)cc(-c%10ccnc(-n%11c%12ccccc%12c%12ccccc%12%11)n%10)c9)ccc87)ccc65)n4)c3)cc2)cc1. The van der Waals surface area contributed by atoms with Gasteiger partial charge in [0.05, 0.1) is 44.5 Å². The van der Waals surface area contributed by atoms with Crippen LogP contribution in [0.5, 0.6) is 0 Å². The third-order valence-corrected chi connectivity index (χ3v) is 17.2. The van der Waals surface area contributed by atoms with Crippen molar-refractivity contribution >= 4 is 65.4 Å². The summed E-state index contributed by atoms with van der Waals surface area (Å²) in [4.78, 5) is 20.5. The quantitative estimate of drug-likeness (QED) is 0.137. The third-order valence-electron chi connectivity index (χ3n) is 17.2. The zero-order chi connectivity index (χ0) is 57.4. The minimum atomic E-state index is 0.619. The number of benzene rings is 12. The molecule has 0 aliphatic rings. The monoisotopic (exact) mass is 1110 g/mol. The predicted octanol–water partition coefficient (Wildman–Crippen LogP) is 20.2. The highest BCUT2D eigenvalue weighted by atomic mass is 15.2. The highest BCUT2D eigenvalue weighted by Crippen LogP contribution is 2.41. The summed E-state index contributed by atoms with van der Waals surface area (Å²) in [6.45, 7) is 0. The molecule has 0 aliphatic heterocycles. The van der Waals surface area contributed by atoms with Gasteiger partial charge in [-0.25, -0.2) is 19.9 Å². The number of fused-ring (bicyclic) bond motifs is 9. The van der Waals surface area contributed by atoms with Crippen molar-refractivity contribution in [3.05, 3.63) is 310 Å². The van der Waals surface area contributed by atoms with Crippen molar-refractivity contribution in [3.63, 3.8) is 0 Å². The highest BCUT2D eigenvalue weighted by molar-refractivity contribution is 6.13. The number of rotatable bonds is 10.